The highest BCUT2D eigenvalue weighted by Crippen LogP contribution is 2.21. The molecule has 3 aromatic rings. The lowest BCUT2D eigenvalue weighted by atomic mass is 10.2. The molecule has 0 saturated heterocycles. The van der Waals surface area contributed by atoms with E-state index in [1.54, 1.807) is 11.8 Å². The number of carbonyl (C=O) groups is 1. The maximum absolute atomic E-state index is 12.3. The van der Waals surface area contributed by atoms with E-state index < -0.39 is 4.92 Å². The molecule has 10 heteroatoms. The van der Waals surface area contributed by atoms with Gasteiger partial charge in [0.2, 0.25) is 5.91 Å². The molecule has 2 aromatic heterocycles. The van der Waals surface area contributed by atoms with Crippen molar-refractivity contribution in [1.82, 2.24) is 19.6 Å². The summed E-state index contributed by atoms with van der Waals surface area (Å²) in [7, 11) is 1.62. The second-order valence-corrected chi connectivity index (χ2v) is 6.26. The van der Waals surface area contributed by atoms with Gasteiger partial charge >= 0.3 is 5.69 Å². The van der Waals surface area contributed by atoms with Crippen molar-refractivity contribution in [3.8, 4) is 5.75 Å². The summed E-state index contributed by atoms with van der Waals surface area (Å²) >= 11 is 0. The molecule has 0 fully saturated rings. The molecular weight excluding hydrogens is 364 g/mol. The van der Waals surface area contributed by atoms with Crippen molar-refractivity contribution in [1.29, 1.82) is 0 Å². The highest BCUT2D eigenvalue weighted by Gasteiger charge is 2.16. The Morgan fingerprint density at radius 2 is 2.14 bits per heavy atom. The number of nitro groups is 1. The van der Waals surface area contributed by atoms with Gasteiger partial charge in [0.05, 0.1) is 35.7 Å². The molecule has 0 bridgehead atoms. The molecule has 146 valence electrons. The molecule has 0 spiro atoms. The largest absolute Gasteiger partial charge is 0.497 e. The van der Waals surface area contributed by atoms with Gasteiger partial charge in [0.1, 0.15) is 24.7 Å². The zero-order valence-electron chi connectivity index (χ0n) is 15.7. The first kappa shape index (κ1) is 19.1. The average molecular weight is 384 g/mol. The number of hydrogen-bond donors (Lipinski definition) is 1. The van der Waals surface area contributed by atoms with Crippen molar-refractivity contribution >= 4 is 17.3 Å². The van der Waals surface area contributed by atoms with Crippen LogP contribution in [0.3, 0.4) is 0 Å². The van der Waals surface area contributed by atoms with Crippen molar-refractivity contribution < 1.29 is 14.5 Å². The number of ether oxygens (including phenoxy) is 1. The molecule has 2 heterocycles. The Morgan fingerprint density at radius 3 is 2.82 bits per heavy atom. The minimum Gasteiger partial charge on any atom is -0.497 e. The smallest absolute Gasteiger partial charge is 0.307 e. The van der Waals surface area contributed by atoms with Crippen LogP contribution in [0.4, 0.5) is 11.4 Å². The van der Waals surface area contributed by atoms with Crippen LogP contribution in [0.5, 0.6) is 5.75 Å². The monoisotopic (exact) mass is 384 g/mol. The highest BCUT2D eigenvalue weighted by atomic mass is 16.6. The Balaban J connectivity index is 1.71. The van der Waals surface area contributed by atoms with Gasteiger partial charge in [-0.2, -0.15) is 10.2 Å². The summed E-state index contributed by atoms with van der Waals surface area (Å²) in [6.07, 6.45) is 2.32. The molecule has 0 aliphatic carbocycles. The van der Waals surface area contributed by atoms with Gasteiger partial charge < -0.3 is 10.1 Å². The van der Waals surface area contributed by atoms with Crippen LogP contribution < -0.4 is 10.1 Å². The zero-order chi connectivity index (χ0) is 20.3. The van der Waals surface area contributed by atoms with E-state index in [-0.39, 0.29) is 18.1 Å². The van der Waals surface area contributed by atoms with Crippen LogP contribution in [-0.4, -0.2) is 37.5 Å². The molecular formula is C18H20N6O4. The summed E-state index contributed by atoms with van der Waals surface area (Å²) in [5, 5.41) is 21.8. The SMILES string of the molecule is COc1cccc(Cn2nc(C)c(NC(=O)Cn3cc([N+](=O)[O-])cn3)c2C)c1. The second kappa shape index (κ2) is 7.91. The van der Waals surface area contributed by atoms with Gasteiger partial charge in [0, 0.05) is 0 Å². The first-order valence-corrected chi connectivity index (χ1v) is 8.51. The van der Waals surface area contributed by atoms with E-state index in [0.29, 0.717) is 17.9 Å². The molecule has 0 radical (unpaired) electrons. The van der Waals surface area contributed by atoms with E-state index in [4.69, 9.17) is 4.74 Å². The summed E-state index contributed by atoms with van der Waals surface area (Å²) in [6.45, 7) is 4.08. The van der Waals surface area contributed by atoms with Crippen LogP contribution in [0.15, 0.2) is 36.7 Å². The fourth-order valence-electron chi connectivity index (χ4n) is 2.84. The van der Waals surface area contributed by atoms with Crippen LogP contribution >= 0.6 is 0 Å². The molecule has 0 aliphatic heterocycles. The topological polar surface area (TPSA) is 117 Å². The minimum atomic E-state index is -0.557. The van der Waals surface area contributed by atoms with E-state index in [9.17, 15) is 14.9 Å². The third-order valence-electron chi connectivity index (χ3n) is 4.25. The van der Waals surface area contributed by atoms with Crippen LogP contribution in [0.2, 0.25) is 0 Å². The zero-order valence-corrected chi connectivity index (χ0v) is 15.7. The normalized spacial score (nSPS) is 10.7. The van der Waals surface area contributed by atoms with Gasteiger partial charge in [-0.05, 0) is 31.5 Å². The van der Waals surface area contributed by atoms with Gasteiger partial charge in [0.25, 0.3) is 0 Å². The summed E-state index contributed by atoms with van der Waals surface area (Å²) < 4.78 is 8.27. The number of anilines is 1. The number of methoxy groups -OCH3 is 1. The first-order chi connectivity index (χ1) is 13.4. The summed E-state index contributed by atoms with van der Waals surface area (Å²) in [6, 6.07) is 7.68. The Hall–Kier alpha value is -3.69. The minimum absolute atomic E-state index is 0.131. The van der Waals surface area contributed by atoms with Crippen LogP contribution in [0.1, 0.15) is 17.0 Å². The first-order valence-electron chi connectivity index (χ1n) is 8.51. The average Bonchev–Trinajstić information content (AvgIpc) is 3.22. The third-order valence-corrected chi connectivity index (χ3v) is 4.25. The fourth-order valence-corrected chi connectivity index (χ4v) is 2.84. The van der Waals surface area contributed by atoms with E-state index in [0.717, 1.165) is 23.2 Å². The van der Waals surface area contributed by atoms with Crippen molar-refractivity contribution in [2.75, 3.05) is 12.4 Å². The number of amides is 1. The number of nitrogens with one attached hydrogen (secondary N) is 1. The number of nitrogens with zero attached hydrogens (tertiary/aromatic N) is 5. The number of benzene rings is 1. The van der Waals surface area contributed by atoms with Crippen molar-refractivity contribution in [2.24, 2.45) is 0 Å². The van der Waals surface area contributed by atoms with Crippen LogP contribution in [0.25, 0.3) is 0 Å². The maximum Gasteiger partial charge on any atom is 0.307 e. The molecule has 28 heavy (non-hydrogen) atoms. The van der Waals surface area contributed by atoms with Crippen LogP contribution in [0, 0.1) is 24.0 Å². The highest BCUT2D eigenvalue weighted by molar-refractivity contribution is 5.91. The number of aromatic nitrogens is 4. The van der Waals surface area contributed by atoms with E-state index in [1.807, 2.05) is 38.1 Å². The quantitative estimate of drug-likeness (QED) is 0.493. The fraction of sp³-hybridized carbons (Fsp3) is 0.278. The predicted molar refractivity (Wildman–Crippen MR) is 101 cm³/mol. The molecule has 3 rings (SSSR count). The number of carbonyl (C=O) groups excluding carboxylic acids is 1. The van der Waals surface area contributed by atoms with Crippen molar-refractivity contribution in [2.45, 2.75) is 26.9 Å². The van der Waals surface area contributed by atoms with Gasteiger partial charge in [0.15, 0.2) is 0 Å². The molecule has 0 aliphatic rings. The maximum atomic E-state index is 12.3. The van der Waals surface area contributed by atoms with Crippen molar-refractivity contribution in [3.05, 3.63) is 63.7 Å². The van der Waals surface area contributed by atoms with E-state index in [1.165, 1.54) is 10.9 Å². The standard InChI is InChI=1S/C18H20N6O4/c1-12-18(20-17(25)11-22-10-15(8-19-22)24(26)27)13(2)23(21-12)9-14-5-4-6-16(7-14)28-3/h4-8,10H,9,11H2,1-3H3,(H,20,25). The summed E-state index contributed by atoms with van der Waals surface area (Å²) in [5.41, 5.74) is 2.97. The third kappa shape index (κ3) is 4.17. The predicted octanol–water partition coefficient (Wildman–Crippen LogP) is 2.30. The van der Waals surface area contributed by atoms with E-state index >= 15 is 0 Å². The molecule has 10 nitrogen and oxygen atoms in total. The molecule has 0 atom stereocenters. The lowest BCUT2D eigenvalue weighted by Crippen LogP contribution is -2.19. The Kier molecular flexibility index (Phi) is 5.39. The Morgan fingerprint density at radius 1 is 1.36 bits per heavy atom. The van der Waals surface area contributed by atoms with Crippen molar-refractivity contribution in [3.63, 3.8) is 0 Å². The van der Waals surface area contributed by atoms with Crippen LogP contribution in [-0.2, 0) is 17.9 Å². The van der Waals surface area contributed by atoms with Gasteiger partial charge in [-0.25, -0.2) is 0 Å². The van der Waals surface area contributed by atoms with Gasteiger partial charge in [-0.15, -0.1) is 0 Å². The number of rotatable bonds is 7. The molecule has 0 unspecified atom stereocenters. The van der Waals surface area contributed by atoms with E-state index in [2.05, 4.69) is 15.5 Å². The van der Waals surface area contributed by atoms with Gasteiger partial charge in [-0.1, -0.05) is 12.1 Å². The second-order valence-electron chi connectivity index (χ2n) is 6.26. The molecule has 1 amide bonds. The number of aryl methyl sites for hydroxylation is 1. The molecule has 0 saturated carbocycles. The number of hydrogen-bond acceptors (Lipinski definition) is 6. The molecule has 1 N–H and O–H groups in total. The summed E-state index contributed by atoms with van der Waals surface area (Å²) in [5.74, 6) is 0.422. The lowest BCUT2D eigenvalue weighted by Gasteiger charge is -2.08. The Labute approximate surface area is 160 Å². The lowest BCUT2D eigenvalue weighted by molar-refractivity contribution is -0.385. The summed E-state index contributed by atoms with van der Waals surface area (Å²) in [4.78, 5) is 22.5. The molecule has 1 aromatic carbocycles. The Bertz CT molecular complexity index is 1020. The van der Waals surface area contributed by atoms with Gasteiger partial charge in [-0.3, -0.25) is 24.3 Å².